The van der Waals surface area contributed by atoms with Crippen LogP contribution < -0.4 is 15.4 Å². The smallest absolute Gasteiger partial charge is 0.241 e. The van der Waals surface area contributed by atoms with Crippen molar-refractivity contribution in [3.8, 4) is 5.75 Å². The lowest BCUT2D eigenvalue weighted by Crippen LogP contribution is -2.43. The number of anilines is 2. The van der Waals surface area contributed by atoms with Crippen molar-refractivity contribution in [1.29, 1.82) is 0 Å². The van der Waals surface area contributed by atoms with Gasteiger partial charge in [-0.25, -0.2) is 0 Å². The Hall–Kier alpha value is -1.99. The van der Waals surface area contributed by atoms with Gasteiger partial charge in [-0.15, -0.1) is 0 Å². The second-order valence-electron chi connectivity index (χ2n) is 6.07. The van der Waals surface area contributed by atoms with Crippen LogP contribution in [0.3, 0.4) is 0 Å². The van der Waals surface area contributed by atoms with E-state index in [4.69, 9.17) is 39.5 Å². The minimum absolute atomic E-state index is 0.0283. The summed E-state index contributed by atoms with van der Waals surface area (Å²) in [6, 6.07) is 9.30. The third-order valence-corrected chi connectivity index (χ3v) is 5.01. The standard InChI is InChI=1S/C19H20Cl3N3O3/c1-11(19(27)23-12-7-8-16(28-3)15(22)9-12)25(2)10-17(26)24-18-13(20)5-4-6-14(18)21/h4-9,11H,10H2,1-3H3,(H,23,27)(H,24,26). The van der Waals surface area contributed by atoms with Gasteiger partial charge in [0.2, 0.25) is 11.8 Å². The van der Waals surface area contributed by atoms with Crippen molar-refractivity contribution in [2.45, 2.75) is 13.0 Å². The van der Waals surface area contributed by atoms with Crippen LogP contribution in [-0.4, -0.2) is 43.5 Å². The van der Waals surface area contributed by atoms with Crippen LogP contribution in [0.15, 0.2) is 36.4 Å². The predicted octanol–water partition coefficient (Wildman–Crippen LogP) is 4.55. The van der Waals surface area contributed by atoms with E-state index in [1.54, 1.807) is 55.3 Å². The zero-order chi connectivity index (χ0) is 20.8. The van der Waals surface area contributed by atoms with Gasteiger partial charge in [-0.1, -0.05) is 40.9 Å². The number of methoxy groups -OCH3 is 1. The SMILES string of the molecule is COc1ccc(NC(=O)C(C)N(C)CC(=O)Nc2c(Cl)cccc2Cl)cc1Cl. The van der Waals surface area contributed by atoms with Gasteiger partial charge in [-0.3, -0.25) is 14.5 Å². The minimum atomic E-state index is -0.576. The molecule has 2 N–H and O–H groups in total. The molecule has 0 spiro atoms. The van der Waals surface area contributed by atoms with E-state index >= 15 is 0 Å². The number of amides is 2. The highest BCUT2D eigenvalue weighted by Gasteiger charge is 2.21. The molecule has 1 unspecified atom stereocenters. The summed E-state index contributed by atoms with van der Waals surface area (Å²) in [5, 5.41) is 6.49. The molecule has 2 aromatic rings. The lowest BCUT2D eigenvalue weighted by Gasteiger charge is -2.23. The van der Waals surface area contributed by atoms with Gasteiger partial charge in [0.1, 0.15) is 5.75 Å². The van der Waals surface area contributed by atoms with Crippen LogP contribution in [0.2, 0.25) is 15.1 Å². The maximum absolute atomic E-state index is 12.5. The average molecular weight is 445 g/mol. The normalized spacial score (nSPS) is 11.8. The van der Waals surface area contributed by atoms with E-state index in [0.29, 0.717) is 32.2 Å². The lowest BCUT2D eigenvalue weighted by molar-refractivity contribution is -0.122. The summed E-state index contributed by atoms with van der Waals surface area (Å²) in [6.45, 7) is 1.66. The highest BCUT2D eigenvalue weighted by atomic mass is 35.5. The number of hydrogen-bond acceptors (Lipinski definition) is 4. The molecule has 28 heavy (non-hydrogen) atoms. The molecule has 2 amide bonds. The third-order valence-electron chi connectivity index (χ3n) is 4.08. The summed E-state index contributed by atoms with van der Waals surface area (Å²) in [4.78, 5) is 26.4. The zero-order valence-electron chi connectivity index (χ0n) is 15.6. The van der Waals surface area contributed by atoms with E-state index in [2.05, 4.69) is 10.6 Å². The number of carbonyl (C=O) groups is 2. The van der Waals surface area contributed by atoms with Gasteiger partial charge >= 0.3 is 0 Å². The van der Waals surface area contributed by atoms with Gasteiger partial charge in [-0.05, 0) is 44.3 Å². The molecule has 0 bridgehead atoms. The van der Waals surface area contributed by atoms with Gasteiger partial charge in [0.25, 0.3) is 0 Å². The fourth-order valence-corrected chi connectivity index (χ4v) is 3.10. The number of nitrogens with zero attached hydrogens (tertiary/aromatic N) is 1. The number of ether oxygens (including phenoxy) is 1. The lowest BCUT2D eigenvalue weighted by atomic mass is 10.2. The van der Waals surface area contributed by atoms with Crippen molar-refractivity contribution in [2.75, 3.05) is 31.3 Å². The Labute approximate surface area is 178 Å². The number of rotatable bonds is 7. The van der Waals surface area contributed by atoms with Crippen LogP contribution in [0.5, 0.6) is 5.75 Å². The first-order chi connectivity index (χ1) is 13.2. The Kier molecular flexibility index (Phi) is 7.95. The van der Waals surface area contributed by atoms with Crippen LogP contribution in [0.25, 0.3) is 0 Å². The molecule has 0 aliphatic rings. The summed E-state index contributed by atoms with van der Waals surface area (Å²) in [5.41, 5.74) is 0.873. The second kappa shape index (κ2) is 9.98. The minimum Gasteiger partial charge on any atom is -0.495 e. The Morgan fingerprint density at radius 1 is 1.07 bits per heavy atom. The molecule has 0 fully saturated rings. The molecular weight excluding hydrogens is 425 g/mol. The number of carbonyl (C=O) groups excluding carboxylic acids is 2. The fraction of sp³-hybridized carbons (Fsp3) is 0.263. The Morgan fingerprint density at radius 3 is 2.29 bits per heavy atom. The van der Waals surface area contributed by atoms with E-state index in [1.165, 1.54) is 7.11 Å². The van der Waals surface area contributed by atoms with Crippen LogP contribution >= 0.6 is 34.8 Å². The summed E-state index contributed by atoms with van der Waals surface area (Å²) in [6.07, 6.45) is 0. The van der Waals surface area contributed by atoms with E-state index in [9.17, 15) is 9.59 Å². The molecule has 9 heteroatoms. The first-order valence-corrected chi connectivity index (χ1v) is 9.44. The van der Waals surface area contributed by atoms with Crippen LogP contribution in [0, 0.1) is 0 Å². The van der Waals surface area contributed by atoms with Gasteiger partial charge in [0.15, 0.2) is 0 Å². The highest BCUT2D eigenvalue weighted by molar-refractivity contribution is 6.39. The van der Waals surface area contributed by atoms with Crippen molar-refractivity contribution in [3.63, 3.8) is 0 Å². The van der Waals surface area contributed by atoms with Crippen LogP contribution in [0.4, 0.5) is 11.4 Å². The van der Waals surface area contributed by atoms with Gasteiger partial charge in [0.05, 0.1) is 40.5 Å². The van der Waals surface area contributed by atoms with Gasteiger partial charge in [-0.2, -0.15) is 0 Å². The summed E-state index contributed by atoms with van der Waals surface area (Å²) >= 11 is 18.2. The Bertz CT molecular complexity index is 856. The predicted molar refractivity (Wildman–Crippen MR) is 114 cm³/mol. The molecule has 0 saturated heterocycles. The monoisotopic (exact) mass is 443 g/mol. The highest BCUT2D eigenvalue weighted by Crippen LogP contribution is 2.30. The van der Waals surface area contributed by atoms with Crippen molar-refractivity contribution < 1.29 is 14.3 Å². The average Bonchev–Trinajstić information content (AvgIpc) is 2.64. The molecule has 0 aliphatic heterocycles. The molecule has 0 saturated carbocycles. The molecule has 150 valence electrons. The largest absolute Gasteiger partial charge is 0.495 e. The third kappa shape index (κ3) is 5.75. The van der Waals surface area contributed by atoms with Gasteiger partial charge in [0, 0.05) is 5.69 Å². The van der Waals surface area contributed by atoms with Gasteiger partial charge < -0.3 is 15.4 Å². The molecule has 6 nitrogen and oxygen atoms in total. The fourth-order valence-electron chi connectivity index (χ4n) is 2.35. The van der Waals surface area contributed by atoms with Crippen molar-refractivity contribution >= 4 is 58.0 Å². The van der Waals surface area contributed by atoms with Crippen molar-refractivity contribution in [1.82, 2.24) is 4.90 Å². The maximum Gasteiger partial charge on any atom is 0.241 e. The first kappa shape index (κ1) is 22.3. The molecule has 0 radical (unpaired) electrons. The molecular formula is C19H20Cl3N3O3. The molecule has 0 aromatic heterocycles. The van der Waals surface area contributed by atoms with Crippen molar-refractivity contribution in [3.05, 3.63) is 51.5 Å². The summed E-state index contributed by atoms with van der Waals surface area (Å²) in [7, 11) is 3.18. The first-order valence-electron chi connectivity index (χ1n) is 8.31. The van der Waals surface area contributed by atoms with E-state index in [-0.39, 0.29) is 18.4 Å². The maximum atomic E-state index is 12.5. The topological polar surface area (TPSA) is 70.7 Å². The molecule has 0 aliphatic carbocycles. The summed E-state index contributed by atoms with van der Waals surface area (Å²) in [5.74, 6) is -0.114. The number of hydrogen-bond donors (Lipinski definition) is 2. The molecule has 1 atom stereocenters. The van der Waals surface area contributed by atoms with E-state index < -0.39 is 6.04 Å². The van der Waals surface area contributed by atoms with Crippen LogP contribution in [-0.2, 0) is 9.59 Å². The molecule has 0 heterocycles. The van der Waals surface area contributed by atoms with E-state index in [0.717, 1.165) is 0 Å². The number of nitrogens with one attached hydrogen (secondary N) is 2. The molecule has 2 rings (SSSR count). The Morgan fingerprint density at radius 2 is 1.71 bits per heavy atom. The second-order valence-corrected chi connectivity index (χ2v) is 7.30. The van der Waals surface area contributed by atoms with E-state index in [1.807, 2.05) is 0 Å². The number of halogens is 3. The number of para-hydroxylation sites is 1. The summed E-state index contributed by atoms with van der Waals surface area (Å²) < 4.78 is 5.08. The number of likely N-dealkylation sites (N-methyl/N-ethyl adjacent to an activating group) is 1. The van der Waals surface area contributed by atoms with Crippen molar-refractivity contribution in [2.24, 2.45) is 0 Å². The van der Waals surface area contributed by atoms with Crippen LogP contribution in [0.1, 0.15) is 6.92 Å². The number of benzene rings is 2. The quantitative estimate of drug-likeness (QED) is 0.657. The zero-order valence-corrected chi connectivity index (χ0v) is 17.8. The Balaban J connectivity index is 1.95. The molecule has 2 aromatic carbocycles.